The van der Waals surface area contributed by atoms with Crippen molar-refractivity contribution >= 4 is 46.2 Å². The first-order valence-corrected chi connectivity index (χ1v) is 11.5. The summed E-state index contributed by atoms with van der Waals surface area (Å²) >= 11 is 5.80. The van der Waals surface area contributed by atoms with Gasteiger partial charge in [-0.15, -0.1) is 0 Å². The Morgan fingerprint density at radius 2 is 1.40 bits per heavy atom. The van der Waals surface area contributed by atoms with Crippen molar-refractivity contribution in [2.75, 3.05) is 16.0 Å². The lowest BCUT2D eigenvalue weighted by Gasteiger charge is -2.11. The molecule has 0 atom stereocenters. The molecule has 1 aromatic heterocycles. The summed E-state index contributed by atoms with van der Waals surface area (Å²) in [5.74, 6) is 1.38. The highest BCUT2D eigenvalue weighted by atomic mass is 35.5. The van der Waals surface area contributed by atoms with E-state index in [0.29, 0.717) is 29.6 Å². The Balaban J connectivity index is 1.33. The van der Waals surface area contributed by atoms with E-state index in [1.807, 2.05) is 68.4 Å². The highest BCUT2D eigenvalue weighted by Crippen LogP contribution is 2.22. The fraction of sp³-hybridized carbons (Fsp3) is 0.148. The maximum Gasteiger partial charge on any atom is 0.224 e. The number of amides is 1. The molecule has 0 aliphatic carbocycles. The Hall–Kier alpha value is -3.97. The number of nitrogens with one attached hydrogen (secondary N) is 3. The average molecular weight is 490 g/mol. The minimum absolute atomic E-state index is 0.0583. The van der Waals surface area contributed by atoms with Crippen LogP contribution in [0.2, 0.25) is 5.02 Å². The summed E-state index contributed by atoms with van der Waals surface area (Å²) in [4.78, 5) is 21.2. The van der Waals surface area contributed by atoms with Gasteiger partial charge in [-0.05, 0) is 74.4 Å². The van der Waals surface area contributed by atoms with E-state index in [1.165, 1.54) is 11.6 Å². The van der Waals surface area contributed by atoms with Gasteiger partial charge in [0.25, 0.3) is 0 Å². The van der Waals surface area contributed by atoms with Crippen molar-refractivity contribution in [1.82, 2.24) is 9.97 Å². The predicted molar refractivity (Wildman–Crippen MR) is 139 cm³/mol. The summed E-state index contributed by atoms with van der Waals surface area (Å²) in [6.45, 7) is 3.88. The summed E-state index contributed by atoms with van der Waals surface area (Å²) in [6, 6.07) is 21.7. The number of benzene rings is 3. The maximum absolute atomic E-state index is 13.3. The third-order valence-corrected chi connectivity index (χ3v) is 5.52. The van der Waals surface area contributed by atoms with E-state index in [0.717, 1.165) is 16.9 Å². The molecule has 0 aliphatic rings. The number of aryl methyl sites for hydroxylation is 3. The lowest BCUT2D eigenvalue weighted by Crippen LogP contribution is -2.12. The van der Waals surface area contributed by atoms with Crippen molar-refractivity contribution in [2.24, 2.45) is 0 Å². The molecule has 6 nitrogen and oxygen atoms in total. The fourth-order valence-corrected chi connectivity index (χ4v) is 3.64. The Morgan fingerprint density at radius 3 is 2.00 bits per heavy atom. The summed E-state index contributed by atoms with van der Waals surface area (Å²) in [5, 5.41) is 9.49. The Labute approximate surface area is 208 Å². The molecular formula is C27H25ClFN5O. The molecule has 0 aliphatic heterocycles. The molecule has 4 aromatic rings. The van der Waals surface area contributed by atoms with Gasteiger partial charge in [0, 0.05) is 29.5 Å². The van der Waals surface area contributed by atoms with E-state index in [4.69, 9.17) is 11.6 Å². The molecule has 0 saturated heterocycles. The van der Waals surface area contributed by atoms with Crippen LogP contribution in [0.15, 0.2) is 72.8 Å². The first-order valence-electron chi connectivity index (χ1n) is 11.1. The molecule has 0 saturated carbocycles. The zero-order chi connectivity index (χ0) is 24.8. The van der Waals surface area contributed by atoms with Crippen LogP contribution in [0.3, 0.4) is 0 Å². The van der Waals surface area contributed by atoms with Gasteiger partial charge in [0.2, 0.25) is 5.91 Å². The lowest BCUT2D eigenvalue weighted by molar-refractivity contribution is -0.116. The van der Waals surface area contributed by atoms with Crippen LogP contribution in [-0.4, -0.2) is 15.9 Å². The van der Waals surface area contributed by atoms with Crippen LogP contribution < -0.4 is 16.0 Å². The van der Waals surface area contributed by atoms with Gasteiger partial charge >= 0.3 is 0 Å². The van der Waals surface area contributed by atoms with E-state index in [1.54, 1.807) is 12.1 Å². The van der Waals surface area contributed by atoms with Crippen molar-refractivity contribution in [1.29, 1.82) is 0 Å². The predicted octanol–water partition coefficient (Wildman–Crippen LogP) is 6.94. The molecule has 1 amide bonds. The number of anilines is 5. The second-order valence-electron chi connectivity index (χ2n) is 8.18. The first kappa shape index (κ1) is 24.2. The SMILES string of the molecule is Cc1ccc(Nc2cc(Nc3ccc(NC(=O)CCc4ccc(F)c(Cl)c4)cc3)nc(C)n2)cc1. The number of nitrogens with zero attached hydrogens (tertiary/aromatic N) is 2. The minimum Gasteiger partial charge on any atom is -0.340 e. The summed E-state index contributed by atoms with van der Waals surface area (Å²) in [6.07, 6.45) is 0.733. The van der Waals surface area contributed by atoms with E-state index < -0.39 is 5.82 Å². The van der Waals surface area contributed by atoms with Crippen LogP contribution in [-0.2, 0) is 11.2 Å². The number of halogens is 2. The number of carbonyl (C=O) groups is 1. The van der Waals surface area contributed by atoms with Crippen LogP contribution in [0.1, 0.15) is 23.4 Å². The van der Waals surface area contributed by atoms with Gasteiger partial charge in [0.15, 0.2) is 0 Å². The van der Waals surface area contributed by atoms with E-state index in [2.05, 4.69) is 25.9 Å². The second-order valence-corrected chi connectivity index (χ2v) is 8.58. The molecule has 0 unspecified atom stereocenters. The number of rotatable bonds is 8. The van der Waals surface area contributed by atoms with Crippen LogP contribution in [0.25, 0.3) is 0 Å². The number of hydrogen-bond donors (Lipinski definition) is 3. The number of aromatic nitrogens is 2. The van der Waals surface area contributed by atoms with E-state index in [-0.39, 0.29) is 17.4 Å². The Bertz CT molecular complexity index is 1330. The zero-order valence-corrected chi connectivity index (χ0v) is 20.2. The molecule has 0 radical (unpaired) electrons. The molecule has 178 valence electrons. The van der Waals surface area contributed by atoms with Gasteiger partial charge < -0.3 is 16.0 Å². The third-order valence-electron chi connectivity index (χ3n) is 5.23. The number of hydrogen-bond acceptors (Lipinski definition) is 5. The van der Waals surface area contributed by atoms with Gasteiger partial charge in [-0.25, -0.2) is 14.4 Å². The molecule has 4 rings (SSSR count). The van der Waals surface area contributed by atoms with Crippen LogP contribution in [0.5, 0.6) is 0 Å². The normalized spacial score (nSPS) is 10.6. The highest BCUT2D eigenvalue weighted by Gasteiger charge is 2.07. The van der Waals surface area contributed by atoms with Crippen molar-refractivity contribution in [3.8, 4) is 0 Å². The smallest absolute Gasteiger partial charge is 0.224 e. The van der Waals surface area contributed by atoms with Gasteiger partial charge in [0.1, 0.15) is 23.3 Å². The highest BCUT2D eigenvalue weighted by molar-refractivity contribution is 6.30. The largest absolute Gasteiger partial charge is 0.340 e. The second kappa shape index (κ2) is 11.0. The molecule has 3 N–H and O–H groups in total. The lowest BCUT2D eigenvalue weighted by atomic mass is 10.1. The fourth-order valence-electron chi connectivity index (χ4n) is 3.44. The molecule has 35 heavy (non-hydrogen) atoms. The number of carbonyl (C=O) groups excluding carboxylic acids is 1. The van der Waals surface area contributed by atoms with Gasteiger partial charge in [0.05, 0.1) is 5.02 Å². The van der Waals surface area contributed by atoms with E-state index >= 15 is 0 Å². The summed E-state index contributed by atoms with van der Waals surface area (Å²) in [5.41, 5.74) is 4.44. The standard InChI is InChI=1S/C27H25ClFN5O/c1-17-3-7-20(8-4-17)32-25-16-26(31-18(2)30-25)33-21-9-11-22(12-10-21)34-27(35)14-6-19-5-13-24(29)23(28)15-19/h3-5,7-13,15-16H,6,14H2,1-2H3,(H,34,35)(H2,30,31,32,33). The molecular weight excluding hydrogens is 465 g/mol. The summed E-state index contributed by atoms with van der Waals surface area (Å²) in [7, 11) is 0. The maximum atomic E-state index is 13.3. The molecule has 0 bridgehead atoms. The first-order chi connectivity index (χ1) is 16.8. The van der Waals surface area contributed by atoms with Gasteiger partial charge in [-0.3, -0.25) is 4.79 Å². The van der Waals surface area contributed by atoms with Crippen molar-refractivity contribution in [3.63, 3.8) is 0 Å². The quantitative estimate of drug-likeness (QED) is 0.250. The Kier molecular flexibility index (Phi) is 7.57. The molecule has 0 spiro atoms. The topological polar surface area (TPSA) is 78.9 Å². The van der Waals surface area contributed by atoms with Crippen molar-refractivity contribution < 1.29 is 9.18 Å². The average Bonchev–Trinajstić information content (AvgIpc) is 2.82. The summed E-state index contributed by atoms with van der Waals surface area (Å²) < 4.78 is 13.3. The van der Waals surface area contributed by atoms with Crippen LogP contribution >= 0.6 is 11.6 Å². The molecule has 0 fully saturated rings. The molecule has 8 heteroatoms. The Morgan fingerprint density at radius 1 is 0.829 bits per heavy atom. The monoisotopic (exact) mass is 489 g/mol. The van der Waals surface area contributed by atoms with Crippen LogP contribution in [0.4, 0.5) is 33.1 Å². The van der Waals surface area contributed by atoms with Crippen LogP contribution in [0, 0.1) is 19.7 Å². The van der Waals surface area contributed by atoms with E-state index in [9.17, 15) is 9.18 Å². The van der Waals surface area contributed by atoms with Gasteiger partial charge in [-0.2, -0.15) is 0 Å². The van der Waals surface area contributed by atoms with Gasteiger partial charge in [-0.1, -0.05) is 35.4 Å². The third kappa shape index (κ3) is 7.01. The molecule has 1 heterocycles. The zero-order valence-electron chi connectivity index (χ0n) is 19.4. The minimum atomic E-state index is -0.468. The van der Waals surface area contributed by atoms with Crippen molar-refractivity contribution in [2.45, 2.75) is 26.7 Å². The van der Waals surface area contributed by atoms with Crippen molar-refractivity contribution in [3.05, 3.63) is 101 Å². The molecule has 3 aromatic carbocycles.